The molecule has 86 valence electrons. The lowest BCUT2D eigenvalue weighted by atomic mass is 9.77. The Hall–Kier alpha value is -1.31. The average Bonchev–Trinajstić information content (AvgIpc) is 2.98. The van der Waals surface area contributed by atoms with Crippen LogP contribution in [0.5, 0.6) is 0 Å². The van der Waals surface area contributed by atoms with Gasteiger partial charge in [0.1, 0.15) is 0 Å². The number of para-hydroxylation sites is 1. The first-order valence-corrected chi connectivity index (χ1v) is 5.82. The van der Waals surface area contributed by atoms with E-state index in [0.717, 1.165) is 18.5 Å². The summed E-state index contributed by atoms with van der Waals surface area (Å²) in [7, 11) is 0. The van der Waals surface area contributed by atoms with Crippen LogP contribution in [0.4, 0.5) is 5.69 Å². The van der Waals surface area contributed by atoms with Gasteiger partial charge in [0.15, 0.2) is 0 Å². The topological polar surface area (TPSA) is 29.1 Å². The van der Waals surface area contributed by atoms with Crippen molar-refractivity contribution in [2.45, 2.75) is 33.6 Å². The summed E-state index contributed by atoms with van der Waals surface area (Å²) >= 11 is 0. The molecule has 1 N–H and O–H groups in total. The molecule has 1 amide bonds. The van der Waals surface area contributed by atoms with Gasteiger partial charge in [-0.2, -0.15) is 0 Å². The number of carbonyl (C=O) groups is 1. The highest BCUT2D eigenvalue weighted by atomic mass is 16.2. The predicted molar refractivity (Wildman–Crippen MR) is 66.2 cm³/mol. The van der Waals surface area contributed by atoms with Crippen LogP contribution in [-0.2, 0) is 4.79 Å². The third kappa shape index (κ3) is 1.84. The van der Waals surface area contributed by atoms with Gasteiger partial charge >= 0.3 is 0 Å². The number of anilines is 1. The van der Waals surface area contributed by atoms with Crippen molar-refractivity contribution >= 4 is 11.6 Å². The smallest absolute Gasteiger partial charge is 0.231 e. The highest BCUT2D eigenvalue weighted by molar-refractivity contribution is 5.97. The Morgan fingerprint density at radius 3 is 2.19 bits per heavy atom. The minimum absolute atomic E-state index is 0.0475. The molecule has 16 heavy (non-hydrogen) atoms. The monoisotopic (exact) mass is 217 g/mol. The van der Waals surface area contributed by atoms with Crippen LogP contribution in [-0.4, -0.2) is 5.91 Å². The maximum Gasteiger partial charge on any atom is 0.231 e. The molecule has 1 aliphatic carbocycles. The third-order valence-corrected chi connectivity index (χ3v) is 3.65. The van der Waals surface area contributed by atoms with Crippen LogP contribution in [0, 0.1) is 10.8 Å². The highest BCUT2D eigenvalue weighted by Gasteiger charge is 2.57. The Kier molecular flexibility index (Phi) is 2.53. The minimum atomic E-state index is -0.150. The van der Waals surface area contributed by atoms with Crippen molar-refractivity contribution in [3.05, 3.63) is 30.3 Å². The number of amides is 1. The van der Waals surface area contributed by atoms with E-state index in [9.17, 15) is 4.79 Å². The summed E-state index contributed by atoms with van der Waals surface area (Å²) < 4.78 is 0. The van der Waals surface area contributed by atoms with Crippen molar-refractivity contribution in [1.29, 1.82) is 0 Å². The summed E-state index contributed by atoms with van der Waals surface area (Å²) in [6, 6.07) is 9.68. The lowest BCUT2D eigenvalue weighted by Crippen LogP contribution is -2.35. The van der Waals surface area contributed by atoms with Gasteiger partial charge in [-0.25, -0.2) is 0 Å². The van der Waals surface area contributed by atoms with Gasteiger partial charge in [-0.3, -0.25) is 4.79 Å². The van der Waals surface area contributed by atoms with Gasteiger partial charge in [0, 0.05) is 5.69 Å². The Labute approximate surface area is 97.1 Å². The molecule has 2 nitrogen and oxygen atoms in total. The standard InChI is InChI=1S/C14H19NO/c1-13(2,3)14(9-10-14)12(16)15-11-7-5-4-6-8-11/h4-8H,9-10H2,1-3H3,(H,15,16). The van der Waals surface area contributed by atoms with E-state index >= 15 is 0 Å². The Balaban J connectivity index is 2.11. The number of hydrogen-bond acceptors (Lipinski definition) is 1. The lowest BCUT2D eigenvalue weighted by molar-refractivity contribution is -0.124. The first-order valence-electron chi connectivity index (χ1n) is 5.82. The van der Waals surface area contributed by atoms with Gasteiger partial charge in [0.05, 0.1) is 5.41 Å². The first-order chi connectivity index (χ1) is 7.46. The van der Waals surface area contributed by atoms with Crippen molar-refractivity contribution in [3.8, 4) is 0 Å². The molecular weight excluding hydrogens is 198 g/mol. The summed E-state index contributed by atoms with van der Waals surface area (Å²) in [5.41, 5.74) is 0.789. The van der Waals surface area contributed by atoms with Crippen molar-refractivity contribution < 1.29 is 4.79 Å². The van der Waals surface area contributed by atoms with Crippen LogP contribution in [0.15, 0.2) is 30.3 Å². The molecule has 0 radical (unpaired) electrons. The van der Waals surface area contributed by atoms with E-state index in [4.69, 9.17) is 0 Å². The number of nitrogens with one attached hydrogen (secondary N) is 1. The molecule has 0 aliphatic heterocycles. The fourth-order valence-electron chi connectivity index (χ4n) is 2.21. The zero-order valence-electron chi connectivity index (χ0n) is 10.2. The van der Waals surface area contributed by atoms with Crippen molar-refractivity contribution in [2.75, 3.05) is 5.32 Å². The zero-order valence-corrected chi connectivity index (χ0v) is 10.2. The largest absolute Gasteiger partial charge is 0.326 e. The van der Waals surface area contributed by atoms with Crippen LogP contribution < -0.4 is 5.32 Å². The third-order valence-electron chi connectivity index (χ3n) is 3.65. The van der Waals surface area contributed by atoms with E-state index in [1.54, 1.807) is 0 Å². The van der Waals surface area contributed by atoms with Gasteiger partial charge in [-0.15, -0.1) is 0 Å². The lowest BCUT2D eigenvalue weighted by Gasteiger charge is -2.29. The summed E-state index contributed by atoms with van der Waals surface area (Å²) in [6.07, 6.45) is 2.02. The molecule has 0 atom stereocenters. The van der Waals surface area contributed by atoms with E-state index in [2.05, 4.69) is 26.1 Å². The van der Waals surface area contributed by atoms with Crippen LogP contribution >= 0.6 is 0 Å². The first kappa shape index (κ1) is 11.2. The van der Waals surface area contributed by atoms with Crippen molar-refractivity contribution in [2.24, 2.45) is 10.8 Å². The van der Waals surface area contributed by atoms with Crippen molar-refractivity contribution in [1.82, 2.24) is 0 Å². The maximum absolute atomic E-state index is 12.2. The molecule has 0 heterocycles. The Morgan fingerprint density at radius 2 is 1.75 bits per heavy atom. The van der Waals surface area contributed by atoms with E-state index in [1.807, 2.05) is 30.3 Å². The highest BCUT2D eigenvalue weighted by Crippen LogP contribution is 2.58. The molecule has 0 spiro atoms. The Bertz CT molecular complexity index is 385. The summed E-state index contributed by atoms with van der Waals surface area (Å²) in [6.45, 7) is 6.43. The van der Waals surface area contributed by atoms with Gasteiger partial charge in [-0.05, 0) is 30.4 Å². The van der Waals surface area contributed by atoms with Crippen LogP contribution in [0.25, 0.3) is 0 Å². The second kappa shape index (κ2) is 3.62. The van der Waals surface area contributed by atoms with Gasteiger partial charge < -0.3 is 5.32 Å². The second-order valence-electron chi connectivity index (χ2n) is 5.65. The predicted octanol–water partition coefficient (Wildman–Crippen LogP) is 3.45. The van der Waals surface area contributed by atoms with Gasteiger partial charge in [0.2, 0.25) is 5.91 Å². The van der Waals surface area contributed by atoms with E-state index < -0.39 is 0 Å². The second-order valence-corrected chi connectivity index (χ2v) is 5.65. The quantitative estimate of drug-likeness (QED) is 0.807. The maximum atomic E-state index is 12.2. The van der Waals surface area contributed by atoms with Gasteiger partial charge in [-0.1, -0.05) is 39.0 Å². The molecule has 1 aromatic carbocycles. The minimum Gasteiger partial charge on any atom is -0.326 e. The number of hydrogen-bond donors (Lipinski definition) is 1. The molecule has 1 saturated carbocycles. The van der Waals surface area contributed by atoms with Gasteiger partial charge in [0.25, 0.3) is 0 Å². The molecule has 0 saturated heterocycles. The summed E-state index contributed by atoms with van der Waals surface area (Å²) in [4.78, 5) is 12.2. The molecule has 0 bridgehead atoms. The average molecular weight is 217 g/mol. The number of benzene rings is 1. The van der Waals surface area contributed by atoms with Crippen LogP contribution in [0.2, 0.25) is 0 Å². The molecule has 1 fully saturated rings. The molecule has 1 aliphatic rings. The number of carbonyl (C=O) groups excluding carboxylic acids is 1. The van der Waals surface area contributed by atoms with Crippen LogP contribution in [0.1, 0.15) is 33.6 Å². The molecule has 2 heteroatoms. The molecule has 1 aromatic rings. The molecule has 0 aromatic heterocycles. The molecule has 2 rings (SSSR count). The summed E-state index contributed by atoms with van der Waals surface area (Å²) in [5.74, 6) is 0.172. The normalized spacial score (nSPS) is 17.9. The zero-order chi connectivity index (χ0) is 11.8. The van der Waals surface area contributed by atoms with E-state index in [0.29, 0.717) is 0 Å². The van der Waals surface area contributed by atoms with E-state index in [1.165, 1.54) is 0 Å². The Morgan fingerprint density at radius 1 is 1.19 bits per heavy atom. The SMILES string of the molecule is CC(C)(C)C1(C(=O)Nc2ccccc2)CC1. The number of rotatable bonds is 2. The van der Waals surface area contributed by atoms with E-state index in [-0.39, 0.29) is 16.7 Å². The molecule has 0 unspecified atom stereocenters. The fourth-order valence-corrected chi connectivity index (χ4v) is 2.21. The fraction of sp³-hybridized carbons (Fsp3) is 0.500. The van der Waals surface area contributed by atoms with Crippen molar-refractivity contribution in [3.63, 3.8) is 0 Å². The van der Waals surface area contributed by atoms with Crippen LogP contribution in [0.3, 0.4) is 0 Å². The molecular formula is C14H19NO. The summed E-state index contributed by atoms with van der Waals surface area (Å²) in [5, 5.41) is 3.01.